The lowest BCUT2D eigenvalue weighted by Gasteiger charge is -2.37. The molecule has 3 amide bonds. The fraction of sp³-hybridized carbons (Fsp3) is 0.500. The third-order valence-electron chi connectivity index (χ3n) is 4.44. The Kier molecular flexibility index (Phi) is 5.95. The normalized spacial score (nSPS) is 22.7. The second-order valence-electron chi connectivity index (χ2n) is 7.09. The minimum atomic E-state index is -0.885. The van der Waals surface area contributed by atoms with Gasteiger partial charge in [-0.2, -0.15) is 0 Å². The zero-order valence-corrected chi connectivity index (χ0v) is 16.7. The van der Waals surface area contributed by atoms with Crippen LogP contribution in [0.4, 0.5) is 4.79 Å². The first kappa shape index (κ1) is 20.2. The van der Waals surface area contributed by atoms with E-state index in [2.05, 4.69) is 15.6 Å². The molecule has 3 atom stereocenters. The number of β-amino-alcohol motifs (C(OH)–C–C–N with tert-alkyl or cyclic N) is 1. The number of hydrogen-bond acceptors (Lipinski definition) is 7. The van der Waals surface area contributed by atoms with Crippen molar-refractivity contribution >= 4 is 29.5 Å². The Hall–Kier alpha value is -2.52. The topological polar surface area (TPSA) is 106 Å². The Balaban J connectivity index is 1.70. The number of nitrogens with one attached hydrogen (secondary N) is 2. The number of likely N-dealkylation sites (N-methyl/N-ethyl adjacent to an activating group) is 1. The standard InChI is InChI=1S/C18H24ClN5O4/c1-10(2)20-17-21-15-14(16(26)22-18(27)23(15)3)24(17)8-12(25)9-28-13-6-4-11(19)5-7-13/h4-7,10,12,14-15,25H,8-9H2,1-3H3,(H,20,21)(H,22,26,27). The van der Waals surface area contributed by atoms with Crippen molar-refractivity contribution in [2.75, 3.05) is 20.2 Å². The zero-order chi connectivity index (χ0) is 20.4. The summed E-state index contributed by atoms with van der Waals surface area (Å²) in [4.78, 5) is 31.9. The van der Waals surface area contributed by atoms with Gasteiger partial charge < -0.3 is 25.0 Å². The molecule has 9 nitrogen and oxygen atoms in total. The van der Waals surface area contributed by atoms with Crippen LogP contribution in [-0.2, 0) is 4.79 Å². The summed E-state index contributed by atoms with van der Waals surface area (Å²) >= 11 is 5.85. The highest BCUT2D eigenvalue weighted by molar-refractivity contribution is 6.30. The van der Waals surface area contributed by atoms with Gasteiger partial charge in [0.2, 0.25) is 0 Å². The SMILES string of the molecule is CC(C)NC1=NC2C(C(=O)NC(=O)N2C)N1CC(O)COc1ccc(Cl)cc1. The van der Waals surface area contributed by atoms with E-state index >= 15 is 0 Å². The van der Waals surface area contributed by atoms with E-state index in [0.717, 1.165) is 0 Å². The number of imide groups is 1. The van der Waals surface area contributed by atoms with Crippen molar-refractivity contribution in [1.82, 2.24) is 20.4 Å². The van der Waals surface area contributed by atoms with Crippen LogP contribution in [0.3, 0.4) is 0 Å². The molecule has 3 unspecified atom stereocenters. The van der Waals surface area contributed by atoms with E-state index in [0.29, 0.717) is 16.7 Å². The lowest BCUT2D eigenvalue weighted by molar-refractivity contribution is -0.127. The van der Waals surface area contributed by atoms with Gasteiger partial charge in [0, 0.05) is 18.1 Å². The van der Waals surface area contributed by atoms with E-state index in [1.165, 1.54) is 4.90 Å². The average molecular weight is 410 g/mol. The third kappa shape index (κ3) is 4.31. The Morgan fingerprint density at radius 1 is 1.32 bits per heavy atom. The number of hydrogen-bond donors (Lipinski definition) is 3. The molecule has 3 N–H and O–H groups in total. The summed E-state index contributed by atoms with van der Waals surface area (Å²) in [6.07, 6.45) is -1.53. The maximum Gasteiger partial charge on any atom is 0.325 e. The summed E-state index contributed by atoms with van der Waals surface area (Å²) < 4.78 is 5.59. The van der Waals surface area contributed by atoms with E-state index in [-0.39, 0.29) is 19.2 Å². The number of guanidine groups is 1. The van der Waals surface area contributed by atoms with Gasteiger partial charge in [-0.1, -0.05) is 11.6 Å². The molecule has 0 bridgehead atoms. The van der Waals surface area contributed by atoms with E-state index in [1.807, 2.05) is 13.8 Å². The van der Waals surface area contributed by atoms with Crippen LogP contribution in [0.25, 0.3) is 0 Å². The van der Waals surface area contributed by atoms with Crippen LogP contribution in [0.15, 0.2) is 29.3 Å². The zero-order valence-electron chi connectivity index (χ0n) is 15.9. The van der Waals surface area contributed by atoms with E-state index in [9.17, 15) is 14.7 Å². The number of rotatable bonds is 6. The number of urea groups is 1. The molecule has 2 aliphatic heterocycles. The molecule has 28 heavy (non-hydrogen) atoms. The van der Waals surface area contributed by atoms with E-state index in [4.69, 9.17) is 16.3 Å². The van der Waals surface area contributed by atoms with Crippen LogP contribution in [0.5, 0.6) is 5.75 Å². The summed E-state index contributed by atoms with van der Waals surface area (Å²) in [7, 11) is 1.58. The van der Waals surface area contributed by atoms with Crippen LogP contribution in [-0.4, -0.2) is 77.4 Å². The van der Waals surface area contributed by atoms with Gasteiger partial charge in [0.25, 0.3) is 5.91 Å². The summed E-state index contributed by atoms with van der Waals surface area (Å²) in [5, 5.41) is 16.6. The Morgan fingerprint density at radius 2 is 2.00 bits per heavy atom. The number of halogens is 1. The molecule has 3 rings (SSSR count). The summed E-state index contributed by atoms with van der Waals surface area (Å²) in [5.41, 5.74) is 0. The van der Waals surface area contributed by atoms with Crippen molar-refractivity contribution in [2.24, 2.45) is 4.99 Å². The highest BCUT2D eigenvalue weighted by atomic mass is 35.5. The van der Waals surface area contributed by atoms with Crippen molar-refractivity contribution < 1.29 is 19.4 Å². The number of nitrogens with zero attached hydrogens (tertiary/aromatic N) is 3. The molecule has 0 aliphatic carbocycles. The van der Waals surface area contributed by atoms with Crippen LogP contribution in [0.2, 0.25) is 5.02 Å². The van der Waals surface area contributed by atoms with Crippen LogP contribution in [0, 0.1) is 0 Å². The predicted octanol–water partition coefficient (Wildman–Crippen LogP) is 0.626. The Labute approximate surface area is 168 Å². The Bertz CT molecular complexity index is 770. The van der Waals surface area contributed by atoms with Crippen molar-refractivity contribution in [3.8, 4) is 5.75 Å². The maximum atomic E-state index is 12.4. The third-order valence-corrected chi connectivity index (χ3v) is 4.69. The number of benzene rings is 1. The number of ether oxygens (including phenoxy) is 1. The summed E-state index contributed by atoms with van der Waals surface area (Å²) in [6.45, 7) is 4.03. The Morgan fingerprint density at radius 3 is 2.64 bits per heavy atom. The molecule has 10 heteroatoms. The highest BCUT2D eigenvalue weighted by Crippen LogP contribution is 2.24. The lowest BCUT2D eigenvalue weighted by atomic mass is 10.1. The number of aliphatic hydroxyl groups excluding tert-OH is 1. The number of carbonyl (C=O) groups is 2. The fourth-order valence-electron chi connectivity index (χ4n) is 3.11. The van der Waals surface area contributed by atoms with Gasteiger partial charge in [-0.05, 0) is 38.1 Å². The van der Waals surface area contributed by atoms with Crippen molar-refractivity contribution in [1.29, 1.82) is 0 Å². The molecule has 1 saturated heterocycles. The first-order valence-electron chi connectivity index (χ1n) is 9.01. The first-order chi connectivity index (χ1) is 13.3. The van der Waals surface area contributed by atoms with Crippen molar-refractivity contribution in [2.45, 2.75) is 38.2 Å². The quantitative estimate of drug-likeness (QED) is 0.636. The van der Waals surface area contributed by atoms with E-state index < -0.39 is 30.2 Å². The molecule has 0 saturated carbocycles. The number of amides is 3. The second kappa shape index (κ2) is 8.24. The van der Waals surface area contributed by atoms with Gasteiger partial charge >= 0.3 is 6.03 Å². The fourth-order valence-corrected chi connectivity index (χ4v) is 3.23. The maximum absolute atomic E-state index is 12.4. The molecule has 0 radical (unpaired) electrons. The molecular formula is C18H24ClN5O4. The van der Waals surface area contributed by atoms with Crippen molar-refractivity contribution in [3.05, 3.63) is 29.3 Å². The monoisotopic (exact) mass is 409 g/mol. The minimum Gasteiger partial charge on any atom is -0.491 e. The van der Waals surface area contributed by atoms with Gasteiger partial charge in [0.1, 0.15) is 18.5 Å². The lowest BCUT2D eigenvalue weighted by Crippen LogP contribution is -2.65. The smallest absolute Gasteiger partial charge is 0.325 e. The molecule has 1 aromatic rings. The molecule has 0 spiro atoms. The highest BCUT2D eigenvalue weighted by Gasteiger charge is 2.49. The first-order valence-corrected chi connectivity index (χ1v) is 9.39. The van der Waals surface area contributed by atoms with Crippen molar-refractivity contribution in [3.63, 3.8) is 0 Å². The molecule has 1 aromatic carbocycles. The molecule has 2 heterocycles. The number of carbonyl (C=O) groups excluding carboxylic acids is 2. The van der Waals surface area contributed by atoms with E-state index in [1.54, 1.807) is 36.2 Å². The number of aliphatic imine (C=N–C) groups is 1. The number of fused-ring (bicyclic) bond motifs is 1. The summed E-state index contributed by atoms with van der Waals surface area (Å²) in [6, 6.07) is 5.68. The molecular weight excluding hydrogens is 386 g/mol. The molecule has 0 aromatic heterocycles. The number of aliphatic hydroxyl groups is 1. The van der Waals surface area contributed by atoms with Crippen LogP contribution in [0.1, 0.15) is 13.8 Å². The second-order valence-corrected chi connectivity index (χ2v) is 7.52. The average Bonchev–Trinajstić information content (AvgIpc) is 2.97. The molecule has 152 valence electrons. The molecule has 2 aliphatic rings. The van der Waals surface area contributed by atoms with Gasteiger partial charge in [-0.3, -0.25) is 10.1 Å². The van der Waals surface area contributed by atoms with Gasteiger partial charge in [-0.15, -0.1) is 0 Å². The van der Waals surface area contributed by atoms with Crippen LogP contribution >= 0.6 is 11.6 Å². The van der Waals surface area contributed by atoms with Gasteiger partial charge in [0.05, 0.1) is 6.54 Å². The molecule has 1 fully saturated rings. The summed E-state index contributed by atoms with van der Waals surface area (Å²) in [5.74, 6) is 0.605. The predicted molar refractivity (Wildman–Crippen MR) is 104 cm³/mol. The van der Waals surface area contributed by atoms with Gasteiger partial charge in [-0.25, -0.2) is 9.79 Å². The van der Waals surface area contributed by atoms with Gasteiger partial charge in [0.15, 0.2) is 18.2 Å². The van der Waals surface area contributed by atoms with Crippen LogP contribution < -0.4 is 15.4 Å². The minimum absolute atomic E-state index is 0.0286. The largest absolute Gasteiger partial charge is 0.491 e.